The first kappa shape index (κ1) is 14.2. The molecule has 1 amide bonds. The van der Waals surface area contributed by atoms with Crippen LogP contribution in [0.4, 0.5) is 0 Å². The molecule has 2 aromatic rings. The van der Waals surface area contributed by atoms with Gasteiger partial charge in [-0.05, 0) is 35.5 Å². The van der Waals surface area contributed by atoms with Crippen molar-refractivity contribution < 1.29 is 4.79 Å². The van der Waals surface area contributed by atoms with E-state index in [1.807, 2.05) is 6.07 Å². The number of aromatic nitrogens is 2. The zero-order chi connectivity index (χ0) is 13.5. The molecule has 0 aliphatic rings. The average molecular weight is 369 g/mol. The van der Waals surface area contributed by atoms with Crippen LogP contribution in [0, 0.1) is 0 Å². The first-order valence-electron chi connectivity index (χ1n) is 6.36. The molecule has 0 saturated heterocycles. The first-order chi connectivity index (χ1) is 9.31. The molecule has 1 aromatic carbocycles. The molecule has 4 nitrogen and oxygen atoms in total. The average Bonchev–Trinajstić information content (AvgIpc) is 2.46. The van der Waals surface area contributed by atoms with E-state index in [0.717, 1.165) is 30.4 Å². The number of carbonyl (C=O) groups excluding carboxylic acids is 1. The molecule has 0 saturated carbocycles. The molecule has 0 fully saturated rings. The highest BCUT2D eigenvalue weighted by atomic mass is 127. The van der Waals surface area contributed by atoms with Crippen molar-refractivity contribution in [1.29, 1.82) is 0 Å². The van der Waals surface area contributed by atoms with Crippen LogP contribution in [-0.4, -0.2) is 26.8 Å². The Labute approximate surface area is 126 Å². The van der Waals surface area contributed by atoms with Crippen LogP contribution in [0.1, 0.15) is 29.6 Å². The van der Waals surface area contributed by atoms with Crippen LogP contribution in [0.3, 0.4) is 0 Å². The lowest BCUT2D eigenvalue weighted by molar-refractivity contribution is 0.0953. The lowest BCUT2D eigenvalue weighted by Crippen LogP contribution is -2.24. The summed E-state index contributed by atoms with van der Waals surface area (Å²) in [6, 6.07) is 5.40. The van der Waals surface area contributed by atoms with Crippen molar-refractivity contribution in [2.24, 2.45) is 0 Å². The van der Waals surface area contributed by atoms with E-state index in [9.17, 15) is 4.79 Å². The number of alkyl halides is 1. The summed E-state index contributed by atoms with van der Waals surface area (Å²) in [6.07, 6.45) is 6.68. The molecule has 1 heterocycles. The van der Waals surface area contributed by atoms with E-state index in [2.05, 4.69) is 37.9 Å². The third-order valence-electron chi connectivity index (χ3n) is 2.83. The maximum Gasteiger partial charge on any atom is 0.251 e. The molecule has 0 atom stereocenters. The highest BCUT2D eigenvalue weighted by Gasteiger charge is 2.06. The molecule has 0 aliphatic carbocycles. The minimum Gasteiger partial charge on any atom is -0.352 e. The van der Waals surface area contributed by atoms with Crippen LogP contribution < -0.4 is 5.32 Å². The highest BCUT2D eigenvalue weighted by molar-refractivity contribution is 14.1. The Bertz CT molecular complexity index is 559. The fourth-order valence-electron chi connectivity index (χ4n) is 1.80. The number of amides is 1. The zero-order valence-corrected chi connectivity index (χ0v) is 12.8. The van der Waals surface area contributed by atoms with Gasteiger partial charge in [-0.1, -0.05) is 29.0 Å². The number of unbranched alkanes of at least 4 members (excludes halogenated alkanes) is 2. The second-order valence-electron chi connectivity index (χ2n) is 4.27. The Kier molecular flexibility index (Phi) is 5.50. The minimum atomic E-state index is -0.0398. The zero-order valence-electron chi connectivity index (χ0n) is 10.6. The quantitative estimate of drug-likeness (QED) is 0.484. The van der Waals surface area contributed by atoms with Gasteiger partial charge in [-0.25, -0.2) is 0 Å². The second-order valence-corrected chi connectivity index (χ2v) is 5.34. The van der Waals surface area contributed by atoms with Crippen LogP contribution in [0.5, 0.6) is 0 Å². The van der Waals surface area contributed by atoms with Gasteiger partial charge in [0.25, 0.3) is 5.91 Å². The van der Waals surface area contributed by atoms with Crippen molar-refractivity contribution in [3.8, 4) is 0 Å². The van der Waals surface area contributed by atoms with Gasteiger partial charge in [0, 0.05) is 24.5 Å². The number of nitrogens with one attached hydrogen (secondary N) is 1. The smallest absolute Gasteiger partial charge is 0.251 e. The molecule has 0 unspecified atom stereocenters. The van der Waals surface area contributed by atoms with Crippen molar-refractivity contribution in [1.82, 2.24) is 15.3 Å². The number of carbonyl (C=O) groups is 1. The normalized spacial score (nSPS) is 10.6. The standard InChI is InChI=1S/C14H16IN3O/c15-6-2-1-3-7-18-14(19)11-4-5-12-13(10-11)17-9-8-16-12/h4-5,8-10H,1-3,6-7H2,(H,18,19). The van der Waals surface area contributed by atoms with E-state index < -0.39 is 0 Å². The van der Waals surface area contributed by atoms with E-state index in [1.54, 1.807) is 24.5 Å². The third kappa shape index (κ3) is 4.12. The van der Waals surface area contributed by atoms with Gasteiger partial charge in [0.1, 0.15) is 0 Å². The van der Waals surface area contributed by atoms with Gasteiger partial charge in [0.15, 0.2) is 0 Å². The van der Waals surface area contributed by atoms with E-state index in [4.69, 9.17) is 0 Å². The molecule has 2 rings (SSSR count). The summed E-state index contributed by atoms with van der Waals surface area (Å²) in [4.78, 5) is 20.3. The number of hydrogen-bond acceptors (Lipinski definition) is 3. The van der Waals surface area contributed by atoms with Crippen LogP contribution in [-0.2, 0) is 0 Å². The number of fused-ring (bicyclic) bond motifs is 1. The van der Waals surface area contributed by atoms with Gasteiger partial charge < -0.3 is 5.32 Å². The third-order valence-corrected chi connectivity index (χ3v) is 3.59. The van der Waals surface area contributed by atoms with Gasteiger partial charge in [-0.3, -0.25) is 14.8 Å². The van der Waals surface area contributed by atoms with Gasteiger partial charge in [0.05, 0.1) is 11.0 Å². The SMILES string of the molecule is O=C(NCCCCCI)c1ccc2nccnc2c1. The number of rotatable bonds is 6. The molecule has 0 radical (unpaired) electrons. The van der Waals surface area contributed by atoms with Crippen molar-refractivity contribution in [2.75, 3.05) is 11.0 Å². The summed E-state index contributed by atoms with van der Waals surface area (Å²) >= 11 is 2.37. The summed E-state index contributed by atoms with van der Waals surface area (Å²) in [5, 5.41) is 2.93. The molecule has 5 heteroatoms. The van der Waals surface area contributed by atoms with Gasteiger partial charge in [-0.2, -0.15) is 0 Å². The van der Waals surface area contributed by atoms with Crippen LogP contribution in [0.25, 0.3) is 11.0 Å². The Hall–Kier alpha value is -1.24. The maximum absolute atomic E-state index is 12.0. The molecule has 19 heavy (non-hydrogen) atoms. The molecule has 100 valence electrons. The second kappa shape index (κ2) is 7.37. The number of halogens is 1. The van der Waals surface area contributed by atoms with E-state index in [1.165, 1.54) is 10.8 Å². The number of benzene rings is 1. The number of hydrogen-bond donors (Lipinski definition) is 1. The molecule has 1 aromatic heterocycles. The van der Waals surface area contributed by atoms with Crippen molar-refractivity contribution in [3.05, 3.63) is 36.2 Å². The van der Waals surface area contributed by atoms with E-state index in [-0.39, 0.29) is 5.91 Å². The van der Waals surface area contributed by atoms with Crippen LogP contribution >= 0.6 is 22.6 Å². The fourth-order valence-corrected chi connectivity index (χ4v) is 2.34. The van der Waals surface area contributed by atoms with Gasteiger partial charge >= 0.3 is 0 Å². The number of nitrogens with zero attached hydrogens (tertiary/aromatic N) is 2. The lowest BCUT2D eigenvalue weighted by Gasteiger charge is -2.05. The predicted octanol–water partition coefficient (Wildman–Crippen LogP) is 2.96. The van der Waals surface area contributed by atoms with E-state index >= 15 is 0 Å². The summed E-state index contributed by atoms with van der Waals surface area (Å²) < 4.78 is 1.18. The van der Waals surface area contributed by atoms with Gasteiger partial charge in [-0.15, -0.1) is 0 Å². The van der Waals surface area contributed by atoms with Crippen LogP contribution in [0.15, 0.2) is 30.6 Å². The Balaban J connectivity index is 1.93. The van der Waals surface area contributed by atoms with Gasteiger partial charge in [0.2, 0.25) is 0 Å². The Morgan fingerprint density at radius 3 is 2.68 bits per heavy atom. The monoisotopic (exact) mass is 369 g/mol. The first-order valence-corrected chi connectivity index (χ1v) is 7.89. The summed E-state index contributed by atoms with van der Waals surface area (Å²) in [5.74, 6) is -0.0398. The fraction of sp³-hybridized carbons (Fsp3) is 0.357. The Morgan fingerprint density at radius 1 is 1.11 bits per heavy atom. The Morgan fingerprint density at radius 2 is 1.89 bits per heavy atom. The molecule has 0 spiro atoms. The largest absolute Gasteiger partial charge is 0.352 e. The maximum atomic E-state index is 12.0. The molecule has 0 bridgehead atoms. The predicted molar refractivity (Wildman–Crippen MR) is 84.6 cm³/mol. The topological polar surface area (TPSA) is 54.9 Å². The summed E-state index contributed by atoms with van der Waals surface area (Å²) in [5.41, 5.74) is 2.20. The summed E-state index contributed by atoms with van der Waals surface area (Å²) in [6.45, 7) is 0.730. The van der Waals surface area contributed by atoms with E-state index in [0.29, 0.717) is 5.56 Å². The summed E-state index contributed by atoms with van der Waals surface area (Å²) in [7, 11) is 0. The van der Waals surface area contributed by atoms with Crippen LogP contribution in [0.2, 0.25) is 0 Å². The lowest BCUT2D eigenvalue weighted by atomic mass is 10.1. The minimum absolute atomic E-state index is 0.0398. The molecular formula is C14H16IN3O. The molecule has 0 aliphatic heterocycles. The van der Waals surface area contributed by atoms with Crippen molar-refractivity contribution in [2.45, 2.75) is 19.3 Å². The highest BCUT2D eigenvalue weighted by Crippen LogP contribution is 2.10. The molecular weight excluding hydrogens is 353 g/mol. The van der Waals surface area contributed by atoms with Crippen molar-refractivity contribution in [3.63, 3.8) is 0 Å². The van der Waals surface area contributed by atoms with Crippen molar-refractivity contribution >= 4 is 39.5 Å². The molecule has 1 N–H and O–H groups in total.